The molecule has 0 aromatic heterocycles. The fourth-order valence-electron chi connectivity index (χ4n) is 2.59. The summed E-state index contributed by atoms with van der Waals surface area (Å²) in [4.78, 5) is 10.2. The second-order valence-corrected chi connectivity index (χ2v) is 6.03. The molecule has 0 aliphatic carbocycles. The number of hydrogen-bond acceptors (Lipinski definition) is 2. The summed E-state index contributed by atoms with van der Waals surface area (Å²) in [7, 11) is 0. The van der Waals surface area contributed by atoms with Gasteiger partial charge in [-0.05, 0) is 36.5 Å². The van der Waals surface area contributed by atoms with Crippen molar-refractivity contribution in [1.29, 1.82) is 0 Å². The predicted octanol–water partition coefficient (Wildman–Crippen LogP) is 3.29. The van der Waals surface area contributed by atoms with E-state index in [0.29, 0.717) is 17.4 Å². The van der Waals surface area contributed by atoms with Crippen LogP contribution < -0.4 is 16.2 Å². The van der Waals surface area contributed by atoms with E-state index in [0.717, 1.165) is 19.5 Å². The third-order valence-electron chi connectivity index (χ3n) is 3.79. The van der Waals surface area contributed by atoms with Crippen LogP contribution >= 0.6 is 24.8 Å². The van der Waals surface area contributed by atoms with Crippen LogP contribution in [0.25, 0.3) is 0 Å². The van der Waals surface area contributed by atoms with Crippen LogP contribution in [0.4, 0.5) is 13.2 Å². The van der Waals surface area contributed by atoms with Crippen LogP contribution in [0.15, 0.2) is 34.3 Å². The molecule has 2 rings (SSSR count). The van der Waals surface area contributed by atoms with Crippen molar-refractivity contribution in [3.63, 3.8) is 0 Å². The number of halogens is 5. The number of nitrogens with two attached hydrogens (primary N) is 2. The Kier molecular flexibility index (Phi) is 10.3. The topological polar surface area (TPSA) is 89.2 Å². The molecular formula is C16H24Cl2F3N5O. The van der Waals surface area contributed by atoms with Gasteiger partial charge in [-0.2, -0.15) is 4.99 Å². The van der Waals surface area contributed by atoms with Crippen molar-refractivity contribution in [2.45, 2.75) is 32.7 Å². The molecule has 0 bridgehead atoms. The number of likely N-dealkylation sites (tertiary alicyclic amines) is 1. The van der Waals surface area contributed by atoms with Gasteiger partial charge in [-0.3, -0.25) is 0 Å². The van der Waals surface area contributed by atoms with E-state index in [1.54, 1.807) is 0 Å². The van der Waals surface area contributed by atoms with Crippen LogP contribution in [0.5, 0.6) is 5.75 Å². The van der Waals surface area contributed by atoms with Gasteiger partial charge in [-0.15, -0.1) is 38.0 Å². The summed E-state index contributed by atoms with van der Waals surface area (Å²) >= 11 is 0. The number of aliphatic imine (C=N–C) groups is 2. The highest BCUT2D eigenvalue weighted by Gasteiger charge is 2.30. The van der Waals surface area contributed by atoms with Gasteiger partial charge in [-0.1, -0.05) is 19.1 Å². The molecular weight excluding hydrogens is 406 g/mol. The van der Waals surface area contributed by atoms with Gasteiger partial charge in [0.15, 0.2) is 5.96 Å². The number of guanidine groups is 2. The van der Waals surface area contributed by atoms with Gasteiger partial charge in [0.1, 0.15) is 5.75 Å². The van der Waals surface area contributed by atoms with Crippen LogP contribution in [0.2, 0.25) is 0 Å². The molecule has 11 heteroatoms. The summed E-state index contributed by atoms with van der Waals surface area (Å²) in [5, 5.41) is 0. The van der Waals surface area contributed by atoms with E-state index < -0.39 is 6.36 Å². The standard InChI is InChI=1S/C16H22F3N5O.2ClH/c1-11-3-2-8-24(10-11)15(21)23-14(20)22-9-12-4-6-13(7-5-12)25-16(17,18)19;;/h4-7,11H,2-3,8-10H2,1H3,(H4,20,21,22,23);2*1H. The lowest BCUT2D eigenvalue weighted by atomic mass is 10.0. The van der Waals surface area contributed by atoms with E-state index in [1.807, 2.05) is 4.90 Å². The number of hydrogen-bond donors (Lipinski definition) is 2. The van der Waals surface area contributed by atoms with Gasteiger partial charge in [0, 0.05) is 13.1 Å². The maximum absolute atomic E-state index is 12.1. The number of ether oxygens (including phenoxy) is 1. The first-order chi connectivity index (χ1) is 11.7. The van der Waals surface area contributed by atoms with Crippen molar-refractivity contribution in [3.05, 3.63) is 29.8 Å². The highest BCUT2D eigenvalue weighted by atomic mass is 35.5. The van der Waals surface area contributed by atoms with Crippen molar-refractivity contribution in [2.75, 3.05) is 13.1 Å². The maximum atomic E-state index is 12.1. The zero-order chi connectivity index (χ0) is 18.4. The lowest BCUT2D eigenvalue weighted by Gasteiger charge is -2.31. The highest BCUT2D eigenvalue weighted by Crippen LogP contribution is 2.22. The first kappa shape index (κ1) is 25.1. The molecule has 1 unspecified atom stereocenters. The van der Waals surface area contributed by atoms with Crippen LogP contribution in [0.1, 0.15) is 25.3 Å². The smallest absolute Gasteiger partial charge is 0.406 e. The Morgan fingerprint density at radius 3 is 2.41 bits per heavy atom. The molecule has 0 amide bonds. The molecule has 1 heterocycles. The van der Waals surface area contributed by atoms with E-state index in [9.17, 15) is 13.2 Å². The van der Waals surface area contributed by atoms with Crippen molar-refractivity contribution < 1.29 is 17.9 Å². The zero-order valence-electron chi connectivity index (χ0n) is 14.8. The second-order valence-electron chi connectivity index (χ2n) is 6.03. The average Bonchev–Trinajstić information content (AvgIpc) is 2.53. The van der Waals surface area contributed by atoms with Gasteiger partial charge >= 0.3 is 6.36 Å². The molecule has 6 nitrogen and oxygen atoms in total. The quantitative estimate of drug-likeness (QED) is 0.569. The molecule has 1 saturated heterocycles. The largest absolute Gasteiger partial charge is 0.573 e. The molecule has 4 N–H and O–H groups in total. The summed E-state index contributed by atoms with van der Waals surface area (Å²) in [5.41, 5.74) is 12.4. The third kappa shape index (κ3) is 9.05. The molecule has 154 valence electrons. The Morgan fingerprint density at radius 1 is 1.22 bits per heavy atom. The number of benzene rings is 1. The molecule has 1 aliphatic rings. The minimum absolute atomic E-state index is 0. The lowest BCUT2D eigenvalue weighted by molar-refractivity contribution is -0.274. The van der Waals surface area contributed by atoms with Gasteiger partial charge in [0.2, 0.25) is 5.96 Å². The first-order valence-electron chi connectivity index (χ1n) is 7.96. The molecule has 0 spiro atoms. The van der Waals surface area contributed by atoms with E-state index >= 15 is 0 Å². The number of nitrogens with zero attached hydrogens (tertiary/aromatic N) is 3. The van der Waals surface area contributed by atoms with Gasteiger partial charge in [-0.25, -0.2) is 4.99 Å². The van der Waals surface area contributed by atoms with E-state index in [1.165, 1.54) is 30.7 Å². The number of alkyl halides is 3. The molecule has 0 radical (unpaired) electrons. The Bertz CT molecular complexity index is 638. The first-order valence-corrected chi connectivity index (χ1v) is 7.96. The van der Waals surface area contributed by atoms with Crippen LogP contribution in [0, 0.1) is 5.92 Å². The monoisotopic (exact) mass is 429 g/mol. The fourth-order valence-corrected chi connectivity index (χ4v) is 2.59. The Morgan fingerprint density at radius 2 is 1.85 bits per heavy atom. The molecule has 1 aromatic rings. The summed E-state index contributed by atoms with van der Waals surface area (Å²) in [6.45, 7) is 4.02. The molecule has 1 aromatic carbocycles. The van der Waals surface area contributed by atoms with Crippen LogP contribution in [0.3, 0.4) is 0 Å². The SMILES string of the molecule is CC1CCCN(/C(N)=N/C(N)=NCc2ccc(OC(F)(F)F)cc2)C1.Cl.Cl. The normalized spacial score (nSPS) is 18.4. The fraction of sp³-hybridized carbons (Fsp3) is 0.500. The number of piperidine rings is 1. The van der Waals surface area contributed by atoms with Crippen molar-refractivity contribution >= 4 is 36.7 Å². The molecule has 1 fully saturated rings. The summed E-state index contributed by atoms with van der Waals surface area (Å²) in [6.07, 6.45) is -2.48. The van der Waals surface area contributed by atoms with Crippen LogP contribution in [-0.4, -0.2) is 36.3 Å². The molecule has 0 saturated carbocycles. The van der Waals surface area contributed by atoms with Gasteiger partial charge in [0.05, 0.1) is 6.54 Å². The van der Waals surface area contributed by atoms with E-state index in [2.05, 4.69) is 21.6 Å². The molecule has 27 heavy (non-hydrogen) atoms. The summed E-state index contributed by atoms with van der Waals surface area (Å²) < 4.78 is 40.1. The number of rotatable bonds is 3. The van der Waals surface area contributed by atoms with E-state index in [-0.39, 0.29) is 43.1 Å². The van der Waals surface area contributed by atoms with Crippen LogP contribution in [-0.2, 0) is 6.54 Å². The Labute approximate surface area is 168 Å². The van der Waals surface area contributed by atoms with Crippen molar-refractivity contribution in [1.82, 2.24) is 4.90 Å². The second kappa shape index (κ2) is 11.1. The average molecular weight is 430 g/mol. The van der Waals surface area contributed by atoms with Crippen molar-refractivity contribution in [2.24, 2.45) is 27.4 Å². The van der Waals surface area contributed by atoms with Gasteiger partial charge in [0.25, 0.3) is 0 Å². The summed E-state index contributed by atoms with van der Waals surface area (Å²) in [5.74, 6) is 0.640. The highest BCUT2D eigenvalue weighted by molar-refractivity contribution is 5.93. The maximum Gasteiger partial charge on any atom is 0.573 e. The molecule has 1 atom stereocenters. The minimum atomic E-state index is -4.71. The Hall–Kier alpha value is -1.87. The lowest BCUT2D eigenvalue weighted by Crippen LogP contribution is -2.44. The zero-order valence-corrected chi connectivity index (χ0v) is 16.4. The molecule has 1 aliphatic heterocycles. The van der Waals surface area contributed by atoms with Crippen molar-refractivity contribution in [3.8, 4) is 5.75 Å². The summed E-state index contributed by atoms with van der Waals surface area (Å²) in [6, 6.07) is 5.41. The third-order valence-corrected chi connectivity index (χ3v) is 3.79. The Balaban J connectivity index is 0.00000338. The van der Waals surface area contributed by atoms with E-state index in [4.69, 9.17) is 11.5 Å². The minimum Gasteiger partial charge on any atom is -0.406 e. The predicted molar refractivity (Wildman–Crippen MR) is 105 cm³/mol. The van der Waals surface area contributed by atoms with Gasteiger partial charge < -0.3 is 21.1 Å².